The van der Waals surface area contributed by atoms with Crippen molar-refractivity contribution in [3.8, 4) is 0 Å². The number of ether oxygens (including phenoxy) is 1. The molecule has 1 atom stereocenters. The first kappa shape index (κ1) is 16.5. The third-order valence-corrected chi connectivity index (χ3v) is 2.93. The fourth-order valence-electron chi connectivity index (χ4n) is 1.81. The molecule has 0 aromatic heterocycles. The summed E-state index contributed by atoms with van der Waals surface area (Å²) >= 11 is 0. The molecule has 1 aromatic rings. The molecular weight excluding hydrogens is 266 g/mol. The third-order valence-electron chi connectivity index (χ3n) is 2.93. The molecule has 0 saturated heterocycles. The Balaban J connectivity index is 2.70. The number of methoxy groups -OCH3 is 1. The molecule has 2 N–H and O–H groups in total. The maximum Gasteiger partial charge on any atom is 0.255 e. The van der Waals surface area contributed by atoms with Crippen LogP contribution in [0.4, 0.5) is 8.78 Å². The molecule has 0 aliphatic heterocycles. The van der Waals surface area contributed by atoms with Crippen molar-refractivity contribution in [1.29, 1.82) is 0 Å². The average molecular weight is 286 g/mol. The van der Waals surface area contributed by atoms with Crippen LogP contribution < -0.4 is 5.73 Å². The van der Waals surface area contributed by atoms with Gasteiger partial charge in [-0.15, -0.1) is 0 Å². The van der Waals surface area contributed by atoms with Gasteiger partial charge in [-0.3, -0.25) is 4.79 Å². The predicted octanol–water partition coefficient (Wildman–Crippen LogP) is 1.64. The van der Waals surface area contributed by atoms with Crippen LogP contribution in [0, 0.1) is 0 Å². The summed E-state index contributed by atoms with van der Waals surface area (Å²) in [5.74, 6) is -0.383. The standard InChI is InChI=1S/C14H20F2N2O2/c1-20-12(8-17)7-14(19)18(10-13(15)16)9-11-5-3-2-4-6-11/h2-6,12-13H,7-10,17H2,1H3. The molecule has 0 aliphatic rings. The minimum atomic E-state index is -2.57. The van der Waals surface area contributed by atoms with Crippen LogP contribution in [0.2, 0.25) is 0 Å². The summed E-state index contributed by atoms with van der Waals surface area (Å²) < 4.78 is 30.2. The van der Waals surface area contributed by atoms with Gasteiger partial charge in [0.25, 0.3) is 6.43 Å². The van der Waals surface area contributed by atoms with E-state index in [0.717, 1.165) is 10.5 Å². The molecule has 0 heterocycles. The highest BCUT2D eigenvalue weighted by molar-refractivity contribution is 5.76. The lowest BCUT2D eigenvalue weighted by Gasteiger charge is -2.24. The minimum absolute atomic E-state index is 0.00650. The van der Waals surface area contributed by atoms with Crippen molar-refractivity contribution in [1.82, 2.24) is 4.90 Å². The molecule has 1 aromatic carbocycles. The zero-order valence-electron chi connectivity index (χ0n) is 11.5. The summed E-state index contributed by atoms with van der Waals surface area (Å²) in [6.45, 7) is -0.254. The normalized spacial score (nSPS) is 12.4. The minimum Gasteiger partial charge on any atom is -0.380 e. The van der Waals surface area contributed by atoms with Crippen LogP contribution in [-0.2, 0) is 16.1 Å². The predicted molar refractivity (Wildman–Crippen MR) is 72.3 cm³/mol. The molecule has 112 valence electrons. The summed E-state index contributed by atoms with van der Waals surface area (Å²) in [5.41, 5.74) is 6.25. The number of nitrogens with two attached hydrogens (primary N) is 1. The summed E-state index contributed by atoms with van der Waals surface area (Å²) in [7, 11) is 1.44. The summed E-state index contributed by atoms with van der Waals surface area (Å²) in [5, 5.41) is 0. The lowest BCUT2D eigenvalue weighted by Crippen LogP contribution is -2.38. The van der Waals surface area contributed by atoms with E-state index in [1.165, 1.54) is 7.11 Å². The lowest BCUT2D eigenvalue weighted by molar-refractivity contribution is -0.136. The van der Waals surface area contributed by atoms with Crippen molar-refractivity contribution in [2.75, 3.05) is 20.2 Å². The van der Waals surface area contributed by atoms with Crippen LogP contribution in [0.15, 0.2) is 30.3 Å². The van der Waals surface area contributed by atoms with Crippen molar-refractivity contribution in [3.05, 3.63) is 35.9 Å². The van der Waals surface area contributed by atoms with Gasteiger partial charge >= 0.3 is 0 Å². The molecule has 4 nitrogen and oxygen atoms in total. The Morgan fingerprint density at radius 2 is 2.00 bits per heavy atom. The summed E-state index contributed by atoms with van der Waals surface area (Å²) in [6, 6.07) is 9.03. The highest BCUT2D eigenvalue weighted by Gasteiger charge is 2.21. The fraction of sp³-hybridized carbons (Fsp3) is 0.500. The summed E-state index contributed by atoms with van der Waals surface area (Å²) in [4.78, 5) is 13.2. The van der Waals surface area contributed by atoms with E-state index in [2.05, 4.69) is 0 Å². The number of halogens is 2. The number of hydrogen-bond acceptors (Lipinski definition) is 3. The zero-order chi connectivity index (χ0) is 15.0. The Morgan fingerprint density at radius 3 is 2.50 bits per heavy atom. The number of rotatable bonds is 8. The Hall–Kier alpha value is -1.53. The maximum atomic E-state index is 12.6. The van der Waals surface area contributed by atoms with Crippen LogP contribution >= 0.6 is 0 Å². The Morgan fingerprint density at radius 1 is 1.35 bits per heavy atom. The van der Waals surface area contributed by atoms with Crippen molar-refractivity contribution >= 4 is 5.91 Å². The van der Waals surface area contributed by atoms with E-state index >= 15 is 0 Å². The lowest BCUT2D eigenvalue weighted by atomic mass is 10.2. The van der Waals surface area contributed by atoms with E-state index in [9.17, 15) is 13.6 Å². The maximum absolute atomic E-state index is 12.6. The molecule has 0 spiro atoms. The first-order chi connectivity index (χ1) is 9.56. The molecular formula is C14H20F2N2O2. The van der Waals surface area contributed by atoms with Crippen LogP contribution in [0.25, 0.3) is 0 Å². The van der Waals surface area contributed by atoms with Gasteiger partial charge in [-0.2, -0.15) is 0 Å². The third kappa shape index (κ3) is 5.63. The molecule has 20 heavy (non-hydrogen) atoms. The first-order valence-corrected chi connectivity index (χ1v) is 6.39. The molecule has 1 rings (SSSR count). The van der Waals surface area contributed by atoms with Gasteiger partial charge in [-0.05, 0) is 5.56 Å². The average Bonchev–Trinajstić information content (AvgIpc) is 2.44. The van der Waals surface area contributed by atoms with Crippen LogP contribution in [-0.4, -0.2) is 43.5 Å². The second-order valence-corrected chi connectivity index (χ2v) is 4.45. The largest absolute Gasteiger partial charge is 0.380 e. The van der Waals surface area contributed by atoms with Crippen molar-refractivity contribution in [2.45, 2.75) is 25.5 Å². The van der Waals surface area contributed by atoms with Gasteiger partial charge in [-0.25, -0.2) is 8.78 Å². The molecule has 0 aliphatic carbocycles. The van der Waals surface area contributed by atoms with Crippen molar-refractivity contribution in [3.63, 3.8) is 0 Å². The SMILES string of the molecule is COC(CN)CC(=O)N(Cc1ccccc1)CC(F)F. The zero-order valence-corrected chi connectivity index (χ0v) is 11.5. The van der Waals surface area contributed by atoms with Gasteiger partial charge in [0.1, 0.15) is 0 Å². The van der Waals surface area contributed by atoms with Gasteiger partial charge in [0, 0.05) is 20.2 Å². The van der Waals surface area contributed by atoms with Gasteiger partial charge in [0.05, 0.1) is 19.1 Å². The number of carbonyl (C=O) groups excluding carboxylic acids is 1. The molecule has 1 unspecified atom stereocenters. The number of alkyl halides is 2. The molecule has 1 amide bonds. The second-order valence-electron chi connectivity index (χ2n) is 4.45. The number of hydrogen-bond donors (Lipinski definition) is 1. The number of carbonyl (C=O) groups is 1. The molecule has 6 heteroatoms. The van der Waals surface area contributed by atoms with E-state index in [1.807, 2.05) is 6.07 Å². The number of benzene rings is 1. The van der Waals surface area contributed by atoms with Crippen LogP contribution in [0.1, 0.15) is 12.0 Å². The van der Waals surface area contributed by atoms with Crippen molar-refractivity contribution < 1.29 is 18.3 Å². The van der Waals surface area contributed by atoms with Gasteiger partial charge in [-0.1, -0.05) is 30.3 Å². The Labute approximate surface area is 117 Å². The fourth-order valence-corrected chi connectivity index (χ4v) is 1.81. The number of nitrogens with zero attached hydrogens (tertiary/aromatic N) is 1. The highest BCUT2D eigenvalue weighted by atomic mass is 19.3. The van der Waals surface area contributed by atoms with Crippen LogP contribution in [0.3, 0.4) is 0 Å². The van der Waals surface area contributed by atoms with E-state index in [4.69, 9.17) is 10.5 Å². The van der Waals surface area contributed by atoms with E-state index in [-0.39, 0.29) is 25.4 Å². The van der Waals surface area contributed by atoms with E-state index in [1.54, 1.807) is 24.3 Å². The first-order valence-electron chi connectivity index (χ1n) is 6.39. The van der Waals surface area contributed by atoms with Gasteiger partial charge < -0.3 is 15.4 Å². The molecule has 0 bridgehead atoms. The smallest absolute Gasteiger partial charge is 0.255 e. The number of amides is 1. The molecule has 0 radical (unpaired) electrons. The van der Waals surface area contributed by atoms with Crippen molar-refractivity contribution in [2.24, 2.45) is 5.73 Å². The summed E-state index contributed by atoms with van der Waals surface area (Å²) in [6.07, 6.45) is -3.01. The highest BCUT2D eigenvalue weighted by Crippen LogP contribution is 2.10. The second kappa shape index (κ2) is 8.60. The van der Waals surface area contributed by atoms with E-state index in [0.29, 0.717) is 0 Å². The quantitative estimate of drug-likeness (QED) is 0.790. The topological polar surface area (TPSA) is 55.6 Å². The molecule has 0 fully saturated rings. The van der Waals surface area contributed by atoms with E-state index < -0.39 is 19.1 Å². The van der Waals surface area contributed by atoms with Crippen LogP contribution in [0.5, 0.6) is 0 Å². The monoisotopic (exact) mass is 286 g/mol. The Kier molecular flexibility index (Phi) is 7.11. The Bertz CT molecular complexity index is 397. The van der Waals surface area contributed by atoms with Gasteiger partial charge in [0.2, 0.25) is 5.91 Å². The molecule has 0 saturated carbocycles. The van der Waals surface area contributed by atoms with Gasteiger partial charge in [0.15, 0.2) is 0 Å².